The number of ether oxygens (including phenoxy) is 2. The predicted molar refractivity (Wildman–Crippen MR) is 96.1 cm³/mol. The number of methoxy groups -OCH3 is 1. The number of nitrogens with one attached hydrogen (secondary N) is 2. The molecule has 0 radical (unpaired) electrons. The Morgan fingerprint density at radius 1 is 1.33 bits per heavy atom. The molecule has 0 unspecified atom stereocenters. The van der Waals surface area contributed by atoms with Crippen molar-refractivity contribution >= 4 is 23.2 Å². The molecule has 6 nitrogen and oxygen atoms in total. The van der Waals surface area contributed by atoms with Gasteiger partial charge in [0.15, 0.2) is 0 Å². The fourth-order valence-electron chi connectivity index (χ4n) is 2.55. The van der Waals surface area contributed by atoms with E-state index in [2.05, 4.69) is 15.5 Å². The highest BCUT2D eigenvalue weighted by Gasteiger charge is 2.10. The van der Waals surface area contributed by atoms with Crippen LogP contribution < -0.4 is 15.4 Å². The van der Waals surface area contributed by atoms with Crippen LogP contribution in [0, 0.1) is 6.92 Å². The zero-order chi connectivity index (χ0) is 17.4. The van der Waals surface area contributed by atoms with E-state index in [1.54, 1.807) is 13.2 Å². The summed E-state index contributed by atoms with van der Waals surface area (Å²) < 4.78 is 10.6. The number of carbonyl (C=O) groups is 1. The molecule has 1 aromatic rings. The van der Waals surface area contributed by atoms with Crippen molar-refractivity contribution < 1.29 is 14.3 Å². The summed E-state index contributed by atoms with van der Waals surface area (Å²) in [5, 5.41) is 6.85. The summed E-state index contributed by atoms with van der Waals surface area (Å²) in [5.41, 5.74) is 1.82. The van der Waals surface area contributed by atoms with Crippen molar-refractivity contribution in [3.05, 3.63) is 22.7 Å². The summed E-state index contributed by atoms with van der Waals surface area (Å²) in [6.45, 7) is 7.45. The van der Waals surface area contributed by atoms with Gasteiger partial charge in [0.2, 0.25) is 5.91 Å². The van der Waals surface area contributed by atoms with Gasteiger partial charge in [0.1, 0.15) is 5.75 Å². The van der Waals surface area contributed by atoms with Gasteiger partial charge in [-0.2, -0.15) is 0 Å². The summed E-state index contributed by atoms with van der Waals surface area (Å²) in [5.74, 6) is 0.721. The van der Waals surface area contributed by atoms with Crippen LogP contribution >= 0.6 is 11.6 Å². The summed E-state index contributed by atoms with van der Waals surface area (Å²) >= 11 is 6.09. The Bertz CT molecular complexity index is 548. The zero-order valence-electron chi connectivity index (χ0n) is 14.4. The molecule has 24 heavy (non-hydrogen) atoms. The molecule has 0 atom stereocenters. The van der Waals surface area contributed by atoms with E-state index in [0.29, 0.717) is 30.3 Å². The second-order valence-corrected chi connectivity index (χ2v) is 6.19. The molecule has 0 aromatic heterocycles. The first kappa shape index (κ1) is 18.8. The van der Waals surface area contributed by atoms with Crippen LogP contribution in [0.15, 0.2) is 12.1 Å². The number of aryl methyl sites for hydroxylation is 1. The fraction of sp³-hybridized carbons (Fsp3) is 0.588. The van der Waals surface area contributed by atoms with E-state index in [0.717, 1.165) is 44.1 Å². The van der Waals surface area contributed by atoms with E-state index in [1.165, 1.54) is 0 Å². The third-order valence-electron chi connectivity index (χ3n) is 4.00. The number of morpholine rings is 1. The minimum absolute atomic E-state index is 0.0420. The first-order valence-corrected chi connectivity index (χ1v) is 8.62. The van der Waals surface area contributed by atoms with E-state index < -0.39 is 0 Å². The third kappa shape index (κ3) is 5.85. The monoisotopic (exact) mass is 355 g/mol. The molecule has 134 valence electrons. The lowest BCUT2D eigenvalue weighted by molar-refractivity contribution is -0.120. The smallest absolute Gasteiger partial charge is 0.221 e. The van der Waals surface area contributed by atoms with Crippen LogP contribution in [-0.2, 0) is 9.53 Å². The zero-order valence-corrected chi connectivity index (χ0v) is 15.1. The molecule has 1 aliphatic rings. The lowest BCUT2D eigenvalue weighted by Crippen LogP contribution is -2.41. The molecule has 2 rings (SSSR count). The predicted octanol–water partition coefficient (Wildman–Crippen LogP) is 1.91. The van der Waals surface area contributed by atoms with Gasteiger partial charge in [-0.05, 0) is 18.6 Å². The van der Waals surface area contributed by atoms with E-state index in [1.807, 2.05) is 13.0 Å². The highest BCUT2D eigenvalue weighted by molar-refractivity contribution is 6.31. The van der Waals surface area contributed by atoms with E-state index in [4.69, 9.17) is 21.1 Å². The molecular weight excluding hydrogens is 330 g/mol. The highest BCUT2D eigenvalue weighted by atomic mass is 35.5. The molecule has 0 bridgehead atoms. The van der Waals surface area contributed by atoms with Crippen molar-refractivity contribution in [3.63, 3.8) is 0 Å². The molecule has 0 spiro atoms. The van der Waals surface area contributed by atoms with Gasteiger partial charge in [-0.25, -0.2) is 0 Å². The van der Waals surface area contributed by atoms with Crippen molar-refractivity contribution in [2.24, 2.45) is 0 Å². The van der Waals surface area contributed by atoms with E-state index in [9.17, 15) is 4.79 Å². The lowest BCUT2D eigenvalue weighted by Gasteiger charge is -2.26. The van der Waals surface area contributed by atoms with Crippen molar-refractivity contribution in [1.82, 2.24) is 10.2 Å². The van der Waals surface area contributed by atoms with Crippen molar-refractivity contribution in [1.29, 1.82) is 0 Å². The van der Waals surface area contributed by atoms with Gasteiger partial charge in [0.05, 0.1) is 26.0 Å². The number of amides is 1. The molecule has 0 saturated carbocycles. The van der Waals surface area contributed by atoms with E-state index >= 15 is 0 Å². The Morgan fingerprint density at radius 3 is 2.79 bits per heavy atom. The number of anilines is 1. The van der Waals surface area contributed by atoms with Crippen LogP contribution in [-0.4, -0.2) is 63.9 Å². The van der Waals surface area contributed by atoms with Gasteiger partial charge in [-0.15, -0.1) is 0 Å². The fourth-order valence-corrected chi connectivity index (χ4v) is 2.70. The molecule has 7 heteroatoms. The third-order valence-corrected chi connectivity index (χ3v) is 4.41. The topological polar surface area (TPSA) is 62.8 Å². The number of carbonyl (C=O) groups excluding carboxylic acids is 1. The van der Waals surface area contributed by atoms with Crippen molar-refractivity contribution in [2.45, 2.75) is 13.3 Å². The first-order chi connectivity index (χ1) is 11.6. The molecule has 1 saturated heterocycles. The number of benzene rings is 1. The Hall–Kier alpha value is -1.50. The number of nitrogens with zero attached hydrogens (tertiary/aromatic N) is 1. The Morgan fingerprint density at radius 2 is 2.08 bits per heavy atom. The van der Waals surface area contributed by atoms with Crippen LogP contribution in [0.4, 0.5) is 5.69 Å². The molecule has 2 N–H and O–H groups in total. The average Bonchev–Trinajstić information content (AvgIpc) is 2.58. The standard InChI is InChI=1S/C17H26ClN3O3/c1-13-11-15(16(23-2)12-14(13)18)19-4-3-17(22)20-5-6-21-7-9-24-10-8-21/h11-12,19H,3-10H2,1-2H3,(H,20,22). The number of rotatable bonds is 8. The minimum atomic E-state index is 0.0420. The molecule has 1 amide bonds. The molecule has 1 aliphatic heterocycles. The largest absolute Gasteiger partial charge is 0.495 e. The molecule has 1 fully saturated rings. The summed E-state index contributed by atoms with van der Waals surface area (Å²) in [6.07, 6.45) is 0.411. The first-order valence-electron chi connectivity index (χ1n) is 8.25. The van der Waals surface area contributed by atoms with Gasteiger partial charge in [0, 0.05) is 50.2 Å². The SMILES string of the molecule is COc1cc(Cl)c(C)cc1NCCC(=O)NCCN1CCOCC1. The Kier molecular flexibility index (Phi) is 7.62. The quantitative estimate of drug-likeness (QED) is 0.745. The molecular formula is C17H26ClN3O3. The van der Waals surface area contributed by atoms with Gasteiger partial charge in [0.25, 0.3) is 0 Å². The maximum Gasteiger partial charge on any atom is 0.221 e. The normalized spacial score (nSPS) is 15.1. The molecule has 1 aromatic carbocycles. The lowest BCUT2D eigenvalue weighted by atomic mass is 10.2. The minimum Gasteiger partial charge on any atom is -0.495 e. The molecule has 0 aliphatic carbocycles. The Labute approximate surface area is 148 Å². The number of halogens is 1. The van der Waals surface area contributed by atoms with Crippen LogP contribution in [0.1, 0.15) is 12.0 Å². The van der Waals surface area contributed by atoms with Crippen molar-refractivity contribution in [2.75, 3.05) is 58.4 Å². The summed E-state index contributed by atoms with van der Waals surface area (Å²) in [6, 6.07) is 3.71. The van der Waals surface area contributed by atoms with Gasteiger partial charge >= 0.3 is 0 Å². The summed E-state index contributed by atoms with van der Waals surface area (Å²) in [4.78, 5) is 14.2. The second kappa shape index (κ2) is 9.71. The highest BCUT2D eigenvalue weighted by Crippen LogP contribution is 2.30. The second-order valence-electron chi connectivity index (χ2n) is 5.78. The van der Waals surface area contributed by atoms with E-state index in [-0.39, 0.29) is 5.91 Å². The number of hydrogen-bond acceptors (Lipinski definition) is 5. The van der Waals surface area contributed by atoms with Crippen LogP contribution in [0.5, 0.6) is 5.75 Å². The van der Waals surface area contributed by atoms with Crippen molar-refractivity contribution in [3.8, 4) is 5.75 Å². The maximum atomic E-state index is 11.9. The van der Waals surface area contributed by atoms with Crippen LogP contribution in [0.3, 0.4) is 0 Å². The molecule has 1 heterocycles. The maximum absolute atomic E-state index is 11.9. The van der Waals surface area contributed by atoms with Crippen LogP contribution in [0.25, 0.3) is 0 Å². The number of hydrogen-bond donors (Lipinski definition) is 2. The van der Waals surface area contributed by atoms with Gasteiger partial charge in [-0.1, -0.05) is 11.6 Å². The Balaban J connectivity index is 1.68. The average molecular weight is 356 g/mol. The summed E-state index contributed by atoms with van der Waals surface area (Å²) in [7, 11) is 1.60. The van der Waals surface area contributed by atoms with Crippen LogP contribution in [0.2, 0.25) is 5.02 Å². The van der Waals surface area contributed by atoms with Gasteiger partial charge in [-0.3, -0.25) is 9.69 Å². The van der Waals surface area contributed by atoms with Gasteiger partial charge < -0.3 is 20.1 Å².